The van der Waals surface area contributed by atoms with Crippen LogP contribution < -0.4 is 19.9 Å². The predicted octanol–water partition coefficient (Wildman–Crippen LogP) is 1.97. The molecule has 0 aliphatic carbocycles. The van der Waals surface area contributed by atoms with Gasteiger partial charge in [0.2, 0.25) is 15.9 Å². The number of anilines is 1. The number of nitrogens with one attached hydrogen (secondary N) is 1. The normalized spacial score (nSPS) is 11.4. The van der Waals surface area contributed by atoms with Crippen LogP contribution in [0.25, 0.3) is 11.0 Å². The number of hydrogen-bond acceptors (Lipinski definition) is 7. The molecule has 154 valence electrons. The Labute approximate surface area is 172 Å². The third-order valence-corrected chi connectivity index (χ3v) is 6.09. The summed E-state index contributed by atoms with van der Waals surface area (Å²) < 4.78 is 35.2. The molecule has 3 rings (SSSR count). The van der Waals surface area contributed by atoms with Gasteiger partial charge in [0.25, 0.3) is 0 Å². The van der Waals surface area contributed by atoms with Crippen molar-refractivity contribution < 1.29 is 22.7 Å². The number of sulfonamides is 1. The molecule has 0 saturated heterocycles. The fourth-order valence-electron chi connectivity index (χ4n) is 2.69. The highest BCUT2D eigenvalue weighted by molar-refractivity contribution is 7.99. The highest BCUT2D eigenvalue weighted by atomic mass is 32.2. The number of nitrogens with two attached hydrogens (primary N) is 1. The van der Waals surface area contributed by atoms with Crippen LogP contribution in [0.5, 0.6) is 11.5 Å². The SMILES string of the molecule is COc1ccc(OC)c(NC(=O)CSc2nc3cc(S(N)(=O)=O)ccc3n2C)c1. The fourth-order valence-corrected chi connectivity index (χ4v) is 4.01. The molecule has 11 heteroatoms. The summed E-state index contributed by atoms with van der Waals surface area (Å²) in [6, 6.07) is 9.58. The van der Waals surface area contributed by atoms with Gasteiger partial charge in [-0.3, -0.25) is 4.79 Å². The van der Waals surface area contributed by atoms with Gasteiger partial charge in [0.05, 0.1) is 41.6 Å². The van der Waals surface area contributed by atoms with Gasteiger partial charge in [0.1, 0.15) is 11.5 Å². The minimum atomic E-state index is -3.81. The van der Waals surface area contributed by atoms with E-state index in [9.17, 15) is 13.2 Å². The van der Waals surface area contributed by atoms with Crippen molar-refractivity contribution >= 4 is 44.4 Å². The summed E-state index contributed by atoms with van der Waals surface area (Å²) in [6.07, 6.45) is 0. The van der Waals surface area contributed by atoms with Crippen LogP contribution in [0.15, 0.2) is 46.5 Å². The van der Waals surface area contributed by atoms with E-state index in [1.807, 2.05) is 0 Å². The number of imidazole rings is 1. The summed E-state index contributed by atoms with van der Waals surface area (Å²) >= 11 is 1.22. The molecule has 0 saturated carbocycles. The van der Waals surface area contributed by atoms with Gasteiger partial charge in [-0.2, -0.15) is 0 Å². The van der Waals surface area contributed by atoms with E-state index in [-0.39, 0.29) is 16.6 Å². The number of ether oxygens (including phenoxy) is 2. The van der Waals surface area contributed by atoms with Crippen molar-refractivity contribution in [3.63, 3.8) is 0 Å². The van der Waals surface area contributed by atoms with E-state index >= 15 is 0 Å². The Bertz CT molecular complexity index is 1170. The van der Waals surface area contributed by atoms with Crippen molar-refractivity contribution in [3.8, 4) is 11.5 Å². The second kappa shape index (κ2) is 8.31. The van der Waals surface area contributed by atoms with Gasteiger partial charge in [-0.15, -0.1) is 0 Å². The zero-order valence-corrected chi connectivity index (χ0v) is 17.6. The van der Waals surface area contributed by atoms with E-state index in [2.05, 4.69) is 10.3 Å². The summed E-state index contributed by atoms with van der Waals surface area (Å²) in [4.78, 5) is 16.8. The number of carbonyl (C=O) groups is 1. The van der Waals surface area contributed by atoms with E-state index in [4.69, 9.17) is 14.6 Å². The molecule has 1 heterocycles. The molecule has 0 bridgehead atoms. The highest BCUT2D eigenvalue weighted by Gasteiger charge is 2.15. The fraction of sp³-hybridized carbons (Fsp3) is 0.222. The zero-order chi connectivity index (χ0) is 21.2. The number of primary sulfonamides is 1. The first-order valence-electron chi connectivity index (χ1n) is 8.37. The second-order valence-corrected chi connectivity index (χ2v) is 8.56. The minimum Gasteiger partial charge on any atom is -0.497 e. The largest absolute Gasteiger partial charge is 0.497 e. The molecule has 0 fully saturated rings. The summed E-state index contributed by atoms with van der Waals surface area (Å²) in [6.45, 7) is 0. The number of nitrogens with zero attached hydrogens (tertiary/aromatic N) is 2. The molecule has 0 atom stereocenters. The monoisotopic (exact) mass is 436 g/mol. The van der Waals surface area contributed by atoms with Gasteiger partial charge in [0.15, 0.2) is 5.16 Å². The molecular weight excluding hydrogens is 416 g/mol. The van der Waals surface area contributed by atoms with E-state index in [0.717, 1.165) is 5.52 Å². The van der Waals surface area contributed by atoms with Crippen LogP contribution in [0.3, 0.4) is 0 Å². The summed E-state index contributed by atoms with van der Waals surface area (Å²) in [5, 5.41) is 8.53. The van der Waals surface area contributed by atoms with Crippen molar-refractivity contribution in [2.45, 2.75) is 10.1 Å². The van der Waals surface area contributed by atoms with Crippen LogP contribution in [0, 0.1) is 0 Å². The lowest BCUT2D eigenvalue weighted by Crippen LogP contribution is -2.15. The Morgan fingerprint density at radius 3 is 2.62 bits per heavy atom. The summed E-state index contributed by atoms with van der Waals surface area (Å²) in [5.74, 6) is 0.954. The van der Waals surface area contributed by atoms with E-state index in [1.54, 1.807) is 35.9 Å². The molecule has 1 aromatic heterocycles. The molecule has 0 unspecified atom stereocenters. The average Bonchev–Trinajstić information content (AvgIpc) is 3.01. The van der Waals surface area contributed by atoms with Gasteiger partial charge in [-0.05, 0) is 30.3 Å². The molecule has 0 radical (unpaired) electrons. The Morgan fingerprint density at radius 2 is 1.97 bits per heavy atom. The molecule has 0 aliphatic rings. The quantitative estimate of drug-likeness (QED) is 0.542. The number of rotatable bonds is 7. The van der Waals surface area contributed by atoms with Crippen molar-refractivity contribution in [3.05, 3.63) is 36.4 Å². The Balaban J connectivity index is 1.75. The van der Waals surface area contributed by atoms with Gasteiger partial charge in [0, 0.05) is 13.1 Å². The van der Waals surface area contributed by atoms with Gasteiger partial charge >= 0.3 is 0 Å². The molecular formula is C18H20N4O5S2. The van der Waals surface area contributed by atoms with Crippen LogP contribution in [0.1, 0.15) is 0 Å². The van der Waals surface area contributed by atoms with E-state index < -0.39 is 10.0 Å². The van der Waals surface area contributed by atoms with Gasteiger partial charge in [-0.1, -0.05) is 11.8 Å². The van der Waals surface area contributed by atoms with E-state index in [1.165, 1.54) is 38.1 Å². The molecule has 0 spiro atoms. The Morgan fingerprint density at radius 1 is 1.21 bits per heavy atom. The van der Waals surface area contributed by atoms with Crippen LogP contribution in [-0.4, -0.2) is 43.8 Å². The number of amides is 1. The maximum Gasteiger partial charge on any atom is 0.238 e. The zero-order valence-electron chi connectivity index (χ0n) is 16.0. The standard InChI is InChI=1S/C18H20N4O5S2/c1-22-15-6-5-12(29(19,24)25)9-13(15)21-18(22)28-10-17(23)20-14-8-11(26-2)4-7-16(14)27-3/h4-9H,10H2,1-3H3,(H,20,23)(H2,19,24,25). The number of hydrogen-bond donors (Lipinski definition) is 2. The number of aromatic nitrogens is 2. The molecule has 3 aromatic rings. The van der Waals surface area contributed by atoms with Gasteiger partial charge < -0.3 is 19.4 Å². The first kappa shape index (κ1) is 21.0. The first-order valence-corrected chi connectivity index (χ1v) is 10.9. The number of carbonyl (C=O) groups excluding carboxylic acids is 1. The minimum absolute atomic E-state index is 0.0116. The molecule has 0 aliphatic heterocycles. The molecule has 2 aromatic carbocycles. The smallest absolute Gasteiger partial charge is 0.238 e. The lowest BCUT2D eigenvalue weighted by Gasteiger charge is -2.11. The Hall–Kier alpha value is -2.76. The molecule has 1 amide bonds. The summed E-state index contributed by atoms with van der Waals surface area (Å²) in [7, 11) is 1.03. The lowest BCUT2D eigenvalue weighted by molar-refractivity contribution is -0.113. The average molecular weight is 437 g/mol. The van der Waals surface area contributed by atoms with Crippen LogP contribution in [0.4, 0.5) is 5.69 Å². The third-order valence-electron chi connectivity index (χ3n) is 4.15. The number of thioether (sulfide) groups is 1. The second-order valence-electron chi connectivity index (χ2n) is 6.05. The van der Waals surface area contributed by atoms with Crippen molar-refractivity contribution in [2.24, 2.45) is 12.2 Å². The number of fused-ring (bicyclic) bond motifs is 1. The van der Waals surface area contributed by atoms with Crippen molar-refractivity contribution in [1.29, 1.82) is 0 Å². The molecule has 29 heavy (non-hydrogen) atoms. The van der Waals surface area contributed by atoms with Crippen molar-refractivity contribution in [2.75, 3.05) is 25.3 Å². The lowest BCUT2D eigenvalue weighted by atomic mass is 10.2. The topological polar surface area (TPSA) is 126 Å². The van der Waals surface area contributed by atoms with Crippen molar-refractivity contribution in [1.82, 2.24) is 9.55 Å². The predicted molar refractivity (Wildman–Crippen MR) is 111 cm³/mol. The van der Waals surface area contributed by atoms with Crippen LogP contribution in [-0.2, 0) is 21.9 Å². The Kier molecular flexibility index (Phi) is 6.01. The number of benzene rings is 2. The first-order chi connectivity index (χ1) is 13.7. The summed E-state index contributed by atoms with van der Waals surface area (Å²) in [5.41, 5.74) is 1.71. The maximum absolute atomic E-state index is 12.4. The number of aryl methyl sites for hydroxylation is 1. The molecule has 3 N–H and O–H groups in total. The number of methoxy groups -OCH3 is 2. The van der Waals surface area contributed by atoms with Crippen LogP contribution >= 0.6 is 11.8 Å². The molecule has 9 nitrogen and oxygen atoms in total. The maximum atomic E-state index is 12.4. The third kappa shape index (κ3) is 4.63. The van der Waals surface area contributed by atoms with Gasteiger partial charge in [-0.25, -0.2) is 18.5 Å². The van der Waals surface area contributed by atoms with Crippen LogP contribution in [0.2, 0.25) is 0 Å². The highest BCUT2D eigenvalue weighted by Crippen LogP contribution is 2.30. The van der Waals surface area contributed by atoms with E-state index in [0.29, 0.717) is 27.9 Å².